The van der Waals surface area contributed by atoms with Crippen LogP contribution in [0.1, 0.15) is 31.3 Å². The minimum Gasteiger partial charge on any atom is -0.298 e. The molecule has 2 aromatic heterocycles. The third-order valence-electron chi connectivity index (χ3n) is 2.59. The molecule has 7 nitrogen and oxygen atoms in total. The molecule has 0 aliphatic rings. The van der Waals surface area contributed by atoms with E-state index in [0.717, 1.165) is 5.56 Å². The molecule has 0 saturated heterocycles. The third kappa shape index (κ3) is 2.96. The highest BCUT2D eigenvalue weighted by molar-refractivity contribution is 7.89. The van der Waals surface area contributed by atoms with E-state index in [9.17, 15) is 8.42 Å². The van der Waals surface area contributed by atoms with Crippen LogP contribution in [0.25, 0.3) is 0 Å². The third-order valence-corrected chi connectivity index (χ3v) is 3.38. The Labute approximate surface area is 111 Å². The molecule has 102 valence electrons. The first-order chi connectivity index (χ1) is 8.89. The van der Waals surface area contributed by atoms with Gasteiger partial charge in [-0.2, -0.15) is 0 Å². The van der Waals surface area contributed by atoms with Gasteiger partial charge in [0.15, 0.2) is 0 Å². The van der Waals surface area contributed by atoms with Crippen LogP contribution >= 0.6 is 0 Å². The van der Waals surface area contributed by atoms with Gasteiger partial charge < -0.3 is 0 Å². The van der Waals surface area contributed by atoms with Gasteiger partial charge in [-0.25, -0.2) is 13.6 Å². The zero-order valence-corrected chi connectivity index (χ0v) is 11.5. The van der Waals surface area contributed by atoms with E-state index in [-0.39, 0.29) is 11.2 Å². The average Bonchev–Trinajstić information content (AvgIpc) is 2.74. The summed E-state index contributed by atoms with van der Waals surface area (Å²) in [5, 5.41) is 12.5. The Balaban J connectivity index is 2.45. The largest absolute Gasteiger partial charge is 0.298 e. The molecule has 0 saturated carbocycles. The Bertz CT molecular complexity index is 664. The van der Waals surface area contributed by atoms with Gasteiger partial charge in [-0.1, -0.05) is 6.07 Å². The summed E-state index contributed by atoms with van der Waals surface area (Å²) in [6.07, 6.45) is 3.83. The van der Waals surface area contributed by atoms with Crippen molar-refractivity contribution in [1.29, 1.82) is 0 Å². The Morgan fingerprint density at radius 1 is 1.37 bits per heavy atom. The summed E-state index contributed by atoms with van der Waals surface area (Å²) < 4.78 is 24.5. The number of hydrogen-bond donors (Lipinski definition) is 1. The fraction of sp³-hybridized carbons (Fsp3) is 0.364. The summed E-state index contributed by atoms with van der Waals surface area (Å²) in [4.78, 5) is 4.01. The second-order valence-electron chi connectivity index (χ2n) is 4.45. The predicted octanol–water partition coefficient (Wildman–Crippen LogP) is 0.492. The van der Waals surface area contributed by atoms with Crippen molar-refractivity contribution in [3.05, 3.63) is 35.9 Å². The van der Waals surface area contributed by atoms with Gasteiger partial charge in [-0.05, 0) is 25.5 Å². The van der Waals surface area contributed by atoms with Gasteiger partial charge in [-0.3, -0.25) is 9.55 Å². The van der Waals surface area contributed by atoms with E-state index in [4.69, 9.17) is 5.14 Å². The minimum atomic E-state index is -3.88. The predicted molar refractivity (Wildman–Crippen MR) is 68.8 cm³/mol. The number of aromatic nitrogens is 4. The normalized spacial score (nSPS) is 12.0. The molecule has 2 rings (SSSR count). The summed E-state index contributed by atoms with van der Waals surface area (Å²) in [6, 6.07) is 3.60. The fourth-order valence-electron chi connectivity index (χ4n) is 1.83. The molecular weight excluding hydrogens is 266 g/mol. The molecule has 0 aliphatic heterocycles. The molecule has 8 heteroatoms. The first-order valence-corrected chi connectivity index (χ1v) is 7.29. The first-order valence-electron chi connectivity index (χ1n) is 5.75. The molecule has 0 unspecified atom stereocenters. The summed E-state index contributed by atoms with van der Waals surface area (Å²) in [5.74, 6) is 0.548. The van der Waals surface area contributed by atoms with Gasteiger partial charge in [0.2, 0.25) is 0 Å². The lowest BCUT2D eigenvalue weighted by Gasteiger charge is -2.12. The molecule has 0 radical (unpaired) electrons. The van der Waals surface area contributed by atoms with Crippen LogP contribution in [0.15, 0.2) is 29.7 Å². The van der Waals surface area contributed by atoms with Crippen LogP contribution in [0.5, 0.6) is 0 Å². The smallest absolute Gasteiger partial charge is 0.273 e. The monoisotopic (exact) mass is 281 g/mol. The van der Waals surface area contributed by atoms with Crippen molar-refractivity contribution in [3.8, 4) is 0 Å². The van der Waals surface area contributed by atoms with E-state index in [1.807, 2.05) is 26.0 Å². The van der Waals surface area contributed by atoms with Crippen LogP contribution in [0, 0.1) is 0 Å². The number of nitrogens with zero attached hydrogens (tertiary/aromatic N) is 4. The number of hydrogen-bond acceptors (Lipinski definition) is 5. The van der Waals surface area contributed by atoms with E-state index in [1.54, 1.807) is 12.4 Å². The second kappa shape index (κ2) is 5.06. The first kappa shape index (κ1) is 13.6. The molecule has 0 amide bonds. The van der Waals surface area contributed by atoms with Crippen molar-refractivity contribution in [2.75, 3.05) is 0 Å². The number of rotatable bonds is 4. The fourth-order valence-corrected chi connectivity index (χ4v) is 2.57. The van der Waals surface area contributed by atoms with Gasteiger partial charge in [0.25, 0.3) is 15.2 Å². The molecule has 0 spiro atoms. The van der Waals surface area contributed by atoms with Gasteiger partial charge in [0, 0.05) is 24.9 Å². The minimum absolute atomic E-state index is 0.102. The van der Waals surface area contributed by atoms with Crippen LogP contribution in [-0.4, -0.2) is 28.2 Å². The maximum Gasteiger partial charge on any atom is 0.273 e. The molecule has 0 bridgehead atoms. The summed E-state index contributed by atoms with van der Waals surface area (Å²) in [6.45, 7) is 3.70. The lowest BCUT2D eigenvalue weighted by Crippen LogP contribution is -2.20. The highest BCUT2D eigenvalue weighted by Gasteiger charge is 2.22. The maximum atomic E-state index is 11.5. The van der Waals surface area contributed by atoms with Crippen molar-refractivity contribution in [3.63, 3.8) is 0 Å². The second-order valence-corrected chi connectivity index (χ2v) is 5.90. The number of pyridine rings is 1. The van der Waals surface area contributed by atoms with Crippen LogP contribution in [0.4, 0.5) is 0 Å². The van der Waals surface area contributed by atoms with Gasteiger partial charge in [-0.15, -0.1) is 10.2 Å². The van der Waals surface area contributed by atoms with Gasteiger partial charge in [0.05, 0.1) is 0 Å². The molecule has 0 atom stereocenters. The highest BCUT2D eigenvalue weighted by atomic mass is 32.2. The van der Waals surface area contributed by atoms with Crippen molar-refractivity contribution in [2.24, 2.45) is 5.14 Å². The van der Waals surface area contributed by atoms with Gasteiger partial charge in [0.1, 0.15) is 5.82 Å². The summed E-state index contributed by atoms with van der Waals surface area (Å²) in [5.41, 5.74) is 0.928. The molecule has 0 aromatic carbocycles. The van der Waals surface area contributed by atoms with Crippen LogP contribution < -0.4 is 5.14 Å². The lowest BCUT2D eigenvalue weighted by atomic mass is 10.2. The van der Waals surface area contributed by atoms with E-state index in [0.29, 0.717) is 12.2 Å². The van der Waals surface area contributed by atoms with Crippen molar-refractivity contribution >= 4 is 10.0 Å². The lowest BCUT2D eigenvalue weighted by molar-refractivity contribution is 0.507. The summed E-state index contributed by atoms with van der Waals surface area (Å²) in [7, 11) is -3.88. The van der Waals surface area contributed by atoms with E-state index in [2.05, 4.69) is 15.2 Å². The van der Waals surface area contributed by atoms with Crippen molar-refractivity contribution < 1.29 is 8.42 Å². The highest BCUT2D eigenvalue weighted by Crippen LogP contribution is 2.17. The topological polar surface area (TPSA) is 104 Å². The zero-order valence-electron chi connectivity index (χ0n) is 10.7. The van der Waals surface area contributed by atoms with Crippen molar-refractivity contribution in [1.82, 2.24) is 19.7 Å². The Hall–Kier alpha value is -1.80. The number of nitrogens with two attached hydrogens (primary N) is 1. The Kier molecular flexibility index (Phi) is 3.63. The Morgan fingerprint density at radius 3 is 2.63 bits per heavy atom. The molecule has 0 aliphatic carbocycles. The van der Waals surface area contributed by atoms with E-state index >= 15 is 0 Å². The molecular formula is C11H15N5O2S. The zero-order chi connectivity index (χ0) is 14.0. The van der Waals surface area contributed by atoms with E-state index < -0.39 is 10.0 Å². The molecule has 2 N–H and O–H groups in total. The SMILES string of the molecule is CC(C)n1c(Cc2cccnc2)nnc1S(N)(=O)=O. The maximum absolute atomic E-state index is 11.5. The summed E-state index contributed by atoms with van der Waals surface area (Å²) >= 11 is 0. The molecule has 0 fully saturated rings. The van der Waals surface area contributed by atoms with E-state index in [1.165, 1.54) is 4.57 Å². The van der Waals surface area contributed by atoms with Crippen molar-refractivity contribution in [2.45, 2.75) is 31.5 Å². The quantitative estimate of drug-likeness (QED) is 0.878. The molecule has 19 heavy (non-hydrogen) atoms. The molecule has 2 aromatic rings. The van der Waals surface area contributed by atoms with Crippen LogP contribution in [0.2, 0.25) is 0 Å². The van der Waals surface area contributed by atoms with Crippen LogP contribution in [0.3, 0.4) is 0 Å². The standard InChI is InChI=1S/C11H15N5O2S/c1-8(2)16-10(6-9-4-3-5-13-7-9)14-15-11(16)19(12,17)18/h3-5,7-8H,6H2,1-2H3,(H2,12,17,18). The number of sulfonamides is 1. The average molecular weight is 281 g/mol. The Morgan fingerprint density at radius 2 is 2.11 bits per heavy atom. The number of primary sulfonamides is 1. The van der Waals surface area contributed by atoms with Gasteiger partial charge >= 0.3 is 0 Å². The van der Waals surface area contributed by atoms with Crippen LogP contribution in [-0.2, 0) is 16.4 Å². The molecule has 2 heterocycles.